The normalized spacial score (nSPS) is 12.1. The summed E-state index contributed by atoms with van der Waals surface area (Å²) < 4.78 is 5.58. The van der Waals surface area contributed by atoms with Crippen LogP contribution in [0.1, 0.15) is 0 Å². The van der Waals surface area contributed by atoms with Crippen LogP contribution in [0.25, 0.3) is 94.9 Å². The first kappa shape index (κ1) is 24.4. The van der Waals surface area contributed by atoms with Crippen LogP contribution in [0.5, 0.6) is 0 Å². The average Bonchev–Trinajstić information content (AvgIpc) is 3.60. The van der Waals surface area contributed by atoms with Crippen LogP contribution in [0.2, 0.25) is 0 Å². The van der Waals surface area contributed by atoms with Gasteiger partial charge in [-0.15, -0.1) is 22.7 Å². The standard InChI is InChI=1S/C42H24S2/c1-2-6-26-17-29(10-9-25(26)5-1)30-11-12-32-19-33(14-13-31(32)18-30)34-15-16-35-22-38-40(24-36(35)20-34)44-41-37-21-27-7-3-4-8-28(27)23-39(37)43-42(38)41/h1-24H. The molecule has 10 aromatic rings. The molecule has 0 amide bonds. The molecule has 2 heteroatoms. The van der Waals surface area contributed by atoms with Crippen LogP contribution in [0.15, 0.2) is 146 Å². The lowest BCUT2D eigenvalue weighted by Gasteiger charge is -2.09. The van der Waals surface area contributed by atoms with Crippen LogP contribution in [0.3, 0.4) is 0 Å². The highest BCUT2D eigenvalue weighted by atomic mass is 32.1. The molecular weight excluding hydrogens is 569 g/mol. The van der Waals surface area contributed by atoms with Crippen LogP contribution in [0, 0.1) is 0 Å². The van der Waals surface area contributed by atoms with Crippen molar-refractivity contribution in [1.82, 2.24) is 0 Å². The fraction of sp³-hybridized carbons (Fsp3) is 0. The molecule has 0 N–H and O–H groups in total. The van der Waals surface area contributed by atoms with Crippen molar-refractivity contribution in [1.29, 1.82) is 0 Å². The molecule has 204 valence electrons. The Hall–Kier alpha value is -5.02. The highest BCUT2D eigenvalue weighted by molar-refractivity contribution is 7.36. The van der Waals surface area contributed by atoms with Crippen LogP contribution >= 0.6 is 22.7 Å². The molecule has 44 heavy (non-hydrogen) atoms. The van der Waals surface area contributed by atoms with E-state index in [4.69, 9.17) is 0 Å². The zero-order valence-electron chi connectivity index (χ0n) is 23.7. The third-order valence-corrected chi connectivity index (χ3v) is 11.7. The van der Waals surface area contributed by atoms with Gasteiger partial charge < -0.3 is 0 Å². The smallest absolute Gasteiger partial charge is 0.0542 e. The Morgan fingerprint density at radius 2 is 0.614 bits per heavy atom. The summed E-state index contributed by atoms with van der Waals surface area (Å²) in [6.07, 6.45) is 0. The Labute approximate surface area is 262 Å². The Morgan fingerprint density at radius 1 is 0.273 bits per heavy atom. The minimum atomic E-state index is 1.25. The van der Waals surface area contributed by atoms with E-state index in [1.807, 2.05) is 22.7 Å². The van der Waals surface area contributed by atoms with Crippen molar-refractivity contribution in [2.24, 2.45) is 0 Å². The van der Waals surface area contributed by atoms with Gasteiger partial charge in [0.05, 0.1) is 9.40 Å². The first-order valence-electron chi connectivity index (χ1n) is 15.0. The largest absolute Gasteiger partial charge is 0.134 e. The lowest BCUT2D eigenvalue weighted by molar-refractivity contribution is 1.66. The molecule has 0 spiro atoms. The Bertz CT molecular complexity index is 2780. The average molecular weight is 593 g/mol. The third kappa shape index (κ3) is 3.75. The second-order valence-corrected chi connectivity index (χ2v) is 13.9. The van der Waals surface area contributed by atoms with Gasteiger partial charge in [-0.05, 0) is 114 Å². The van der Waals surface area contributed by atoms with Gasteiger partial charge in [0, 0.05) is 20.2 Å². The van der Waals surface area contributed by atoms with Gasteiger partial charge in [-0.25, -0.2) is 0 Å². The van der Waals surface area contributed by atoms with Gasteiger partial charge >= 0.3 is 0 Å². The molecule has 0 atom stereocenters. The number of hydrogen-bond donors (Lipinski definition) is 0. The molecule has 0 aliphatic rings. The Balaban J connectivity index is 1.04. The molecule has 8 aromatic carbocycles. The molecule has 2 aromatic heterocycles. The van der Waals surface area contributed by atoms with E-state index in [-0.39, 0.29) is 0 Å². The second kappa shape index (κ2) is 9.24. The van der Waals surface area contributed by atoms with Gasteiger partial charge in [-0.3, -0.25) is 0 Å². The molecule has 0 saturated carbocycles. The summed E-state index contributed by atoms with van der Waals surface area (Å²) in [5, 5.41) is 13.1. The maximum absolute atomic E-state index is 2.40. The minimum Gasteiger partial charge on any atom is -0.134 e. The van der Waals surface area contributed by atoms with E-state index in [2.05, 4.69) is 146 Å². The molecule has 2 heterocycles. The van der Waals surface area contributed by atoms with Crippen LogP contribution < -0.4 is 0 Å². The number of fused-ring (bicyclic) bond motifs is 9. The quantitative estimate of drug-likeness (QED) is 0.187. The molecule has 0 aliphatic carbocycles. The van der Waals surface area contributed by atoms with E-state index in [1.54, 1.807) is 0 Å². The SMILES string of the molecule is c1ccc2cc(-c3ccc4cc(-c5ccc6cc7c(cc6c5)sc5c6cc8ccccc8cc6sc75)ccc4c3)ccc2c1. The number of rotatable bonds is 2. The van der Waals surface area contributed by atoms with Crippen molar-refractivity contribution in [3.05, 3.63) is 146 Å². The summed E-state index contributed by atoms with van der Waals surface area (Å²) in [5.74, 6) is 0. The van der Waals surface area contributed by atoms with Gasteiger partial charge in [-0.2, -0.15) is 0 Å². The van der Waals surface area contributed by atoms with Crippen LogP contribution in [-0.4, -0.2) is 0 Å². The molecule has 10 rings (SSSR count). The predicted molar refractivity (Wildman–Crippen MR) is 196 cm³/mol. The highest BCUT2D eigenvalue weighted by Gasteiger charge is 2.14. The van der Waals surface area contributed by atoms with E-state index < -0.39 is 0 Å². The first-order chi connectivity index (χ1) is 21.7. The minimum absolute atomic E-state index is 1.25. The molecular formula is C42H24S2. The lowest BCUT2D eigenvalue weighted by atomic mass is 9.95. The molecule has 0 aliphatic heterocycles. The molecule has 0 unspecified atom stereocenters. The highest BCUT2D eigenvalue weighted by Crippen LogP contribution is 2.46. The third-order valence-electron chi connectivity index (χ3n) is 9.16. The van der Waals surface area contributed by atoms with E-state index in [0.717, 1.165) is 0 Å². The number of hydrogen-bond acceptors (Lipinski definition) is 2. The molecule has 0 fully saturated rings. The molecule has 0 bridgehead atoms. The fourth-order valence-corrected chi connectivity index (χ4v) is 9.54. The predicted octanol–water partition coefficient (Wildman–Crippen LogP) is 13.2. The van der Waals surface area contributed by atoms with Gasteiger partial charge in [0.2, 0.25) is 0 Å². The lowest BCUT2D eigenvalue weighted by Crippen LogP contribution is -1.83. The van der Waals surface area contributed by atoms with Crippen molar-refractivity contribution in [2.75, 3.05) is 0 Å². The van der Waals surface area contributed by atoms with E-state index in [1.165, 1.54) is 94.9 Å². The number of thiophene rings is 2. The zero-order valence-corrected chi connectivity index (χ0v) is 25.3. The second-order valence-electron chi connectivity index (χ2n) is 11.8. The van der Waals surface area contributed by atoms with Gasteiger partial charge in [-0.1, -0.05) is 97.1 Å². The monoisotopic (exact) mass is 592 g/mol. The van der Waals surface area contributed by atoms with E-state index in [9.17, 15) is 0 Å². The van der Waals surface area contributed by atoms with Crippen molar-refractivity contribution in [2.45, 2.75) is 0 Å². The summed E-state index contributed by atoms with van der Waals surface area (Å²) in [7, 11) is 0. The van der Waals surface area contributed by atoms with Crippen molar-refractivity contribution in [3.63, 3.8) is 0 Å². The topological polar surface area (TPSA) is 0 Å². The maximum Gasteiger partial charge on any atom is 0.0542 e. The summed E-state index contributed by atoms with van der Waals surface area (Å²) in [5.41, 5.74) is 5.02. The first-order valence-corrected chi connectivity index (χ1v) is 16.6. The van der Waals surface area contributed by atoms with Gasteiger partial charge in [0.15, 0.2) is 0 Å². The summed E-state index contributed by atoms with van der Waals surface area (Å²) >= 11 is 3.87. The van der Waals surface area contributed by atoms with Crippen LogP contribution in [0.4, 0.5) is 0 Å². The van der Waals surface area contributed by atoms with Crippen molar-refractivity contribution < 1.29 is 0 Å². The van der Waals surface area contributed by atoms with E-state index in [0.29, 0.717) is 0 Å². The molecule has 0 saturated heterocycles. The summed E-state index contributed by atoms with van der Waals surface area (Å²) in [6, 6.07) is 54.1. The number of benzene rings is 8. The molecule has 0 nitrogen and oxygen atoms in total. The summed E-state index contributed by atoms with van der Waals surface area (Å²) in [4.78, 5) is 0. The van der Waals surface area contributed by atoms with Crippen LogP contribution in [-0.2, 0) is 0 Å². The zero-order chi connectivity index (χ0) is 28.8. The fourth-order valence-electron chi connectivity index (χ4n) is 6.84. The van der Waals surface area contributed by atoms with Crippen molar-refractivity contribution >= 4 is 95.3 Å². The van der Waals surface area contributed by atoms with Gasteiger partial charge in [0.1, 0.15) is 0 Å². The van der Waals surface area contributed by atoms with E-state index >= 15 is 0 Å². The molecule has 0 radical (unpaired) electrons. The summed E-state index contributed by atoms with van der Waals surface area (Å²) in [6.45, 7) is 0. The maximum atomic E-state index is 2.40. The Morgan fingerprint density at radius 3 is 1.14 bits per heavy atom. The Kier molecular flexibility index (Phi) is 5.13. The van der Waals surface area contributed by atoms with Gasteiger partial charge in [0.25, 0.3) is 0 Å². The van der Waals surface area contributed by atoms with Crippen molar-refractivity contribution in [3.8, 4) is 22.3 Å².